The van der Waals surface area contributed by atoms with E-state index in [2.05, 4.69) is 18.7 Å². The molecule has 3 heteroatoms. The summed E-state index contributed by atoms with van der Waals surface area (Å²) >= 11 is 0. The van der Waals surface area contributed by atoms with Gasteiger partial charge in [-0.25, -0.2) is 0 Å². The number of aliphatic hydroxyl groups is 2. The molecule has 2 N–H and O–H groups in total. The van der Waals surface area contributed by atoms with Crippen LogP contribution in [-0.2, 0) is 0 Å². The lowest BCUT2D eigenvalue weighted by Gasteiger charge is -2.21. The van der Waals surface area contributed by atoms with Crippen molar-refractivity contribution in [2.24, 2.45) is 5.41 Å². The topological polar surface area (TPSA) is 43.7 Å². The average molecular weight is 173 g/mol. The van der Waals surface area contributed by atoms with Gasteiger partial charge in [0, 0.05) is 13.1 Å². The minimum Gasteiger partial charge on any atom is -0.394 e. The van der Waals surface area contributed by atoms with Gasteiger partial charge in [-0.05, 0) is 18.4 Å². The van der Waals surface area contributed by atoms with Crippen molar-refractivity contribution in [1.29, 1.82) is 0 Å². The molecular formula is C9H19NO2. The highest BCUT2D eigenvalue weighted by Crippen LogP contribution is 2.28. The third-order valence-electron chi connectivity index (χ3n) is 2.44. The Kier molecular flexibility index (Phi) is 3.09. The van der Waals surface area contributed by atoms with Crippen molar-refractivity contribution in [3.63, 3.8) is 0 Å². The molecule has 3 nitrogen and oxygen atoms in total. The largest absolute Gasteiger partial charge is 0.394 e. The van der Waals surface area contributed by atoms with Crippen molar-refractivity contribution in [3.8, 4) is 0 Å². The molecule has 0 spiro atoms. The second kappa shape index (κ2) is 3.73. The van der Waals surface area contributed by atoms with Crippen LogP contribution in [0.3, 0.4) is 0 Å². The van der Waals surface area contributed by atoms with Gasteiger partial charge in [0.05, 0.1) is 12.7 Å². The van der Waals surface area contributed by atoms with Crippen LogP contribution in [-0.4, -0.2) is 47.5 Å². The van der Waals surface area contributed by atoms with E-state index >= 15 is 0 Å². The maximum atomic E-state index is 9.20. The number of aliphatic hydroxyl groups excluding tert-OH is 2. The molecule has 0 bridgehead atoms. The highest BCUT2D eigenvalue weighted by atomic mass is 16.3. The van der Waals surface area contributed by atoms with E-state index in [9.17, 15) is 5.11 Å². The molecule has 0 aromatic carbocycles. The molecule has 0 aliphatic carbocycles. The molecule has 1 unspecified atom stereocenters. The van der Waals surface area contributed by atoms with Crippen LogP contribution in [0.2, 0.25) is 0 Å². The number of β-amino-alcohol motifs (C(OH)–C–C–N with tert-alkyl or cyclic N) is 1. The molecule has 1 rings (SSSR count). The maximum absolute atomic E-state index is 9.20. The first-order valence-corrected chi connectivity index (χ1v) is 4.55. The minimum absolute atomic E-state index is 0.128. The summed E-state index contributed by atoms with van der Waals surface area (Å²) in [4.78, 5) is 2.21. The first-order chi connectivity index (χ1) is 5.53. The van der Waals surface area contributed by atoms with Crippen molar-refractivity contribution in [2.75, 3.05) is 26.2 Å². The summed E-state index contributed by atoms with van der Waals surface area (Å²) in [6.45, 7) is 7.03. The van der Waals surface area contributed by atoms with E-state index in [1.165, 1.54) is 6.42 Å². The van der Waals surface area contributed by atoms with Gasteiger partial charge in [0.1, 0.15) is 0 Å². The summed E-state index contributed by atoms with van der Waals surface area (Å²) in [6, 6.07) is 0. The summed E-state index contributed by atoms with van der Waals surface area (Å²) in [7, 11) is 0. The predicted octanol–water partition coefficient (Wildman–Crippen LogP) is 0.0715. The van der Waals surface area contributed by atoms with Crippen LogP contribution in [0.4, 0.5) is 0 Å². The van der Waals surface area contributed by atoms with Gasteiger partial charge < -0.3 is 15.1 Å². The van der Waals surface area contributed by atoms with Gasteiger partial charge >= 0.3 is 0 Å². The van der Waals surface area contributed by atoms with Gasteiger partial charge in [-0.3, -0.25) is 0 Å². The molecule has 1 heterocycles. The molecular weight excluding hydrogens is 154 g/mol. The Labute approximate surface area is 74.0 Å². The monoisotopic (exact) mass is 173 g/mol. The van der Waals surface area contributed by atoms with Crippen molar-refractivity contribution < 1.29 is 10.2 Å². The number of rotatable bonds is 3. The fourth-order valence-corrected chi connectivity index (χ4v) is 1.74. The van der Waals surface area contributed by atoms with Crippen molar-refractivity contribution in [3.05, 3.63) is 0 Å². The lowest BCUT2D eigenvalue weighted by molar-refractivity contribution is 0.0636. The van der Waals surface area contributed by atoms with Crippen LogP contribution < -0.4 is 0 Å². The second-order valence-corrected chi connectivity index (χ2v) is 4.49. The fraction of sp³-hybridized carbons (Fsp3) is 1.00. The molecule has 1 aliphatic rings. The quantitative estimate of drug-likeness (QED) is 0.635. The first-order valence-electron chi connectivity index (χ1n) is 4.55. The van der Waals surface area contributed by atoms with Crippen molar-refractivity contribution in [2.45, 2.75) is 26.4 Å². The van der Waals surface area contributed by atoms with Gasteiger partial charge in [-0.1, -0.05) is 13.8 Å². The number of nitrogens with zero attached hydrogens (tertiary/aromatic N) is 1. The highest BCUT2D eigenvalue weighted by molar-refractivity contribution is 4.83. The Morgan fingerprint density at radius 1 is 1.50 bits per heavy atom. The van der Waals surface area contributed by atoms with E-state index in [-0.39, 0.29) is 6.61 Å². The SMILES string of the molecule is CC1(C)CCN(CC(O)CO)C1. The standard InChI is InChI=1S/C9H19NO2/c1-9(2)3-4-10(7-9)5-8(12)6-11/h8,11-12H,3-7H2,1-2H3. The van der Waals surface area contributed by atoms with Crippen LogP contribution in [0.1, 0.15) is 20.3 Å². The predicted molar refractivity (Wildman–Crippen MR) is 47.9 cm³/mol. The zero-order chi connectivity index (χ0) is 9.19. The molecule has 72 valence electrons. The Morgan fingerprint density at radius 2 is 2.17 bits per heavy atom. The molecule has 1 aliphatic heterocycles. The average Bonchev–Trinajstić information content (AvgIpc) is 2.30. The summed E-state index contributed by atoms with van der Waals surface area (Å²) in [5.74, 6) is 0. The van der Waals surface area contributed by atoms with Gasteiger partial charge in [0.15, 0.2) is 0 Å². The summed E-state index contributed by atoms with van der Waals surface area (Å²) < 4.78 is 0. The van der Waals surface area contributed by atoms with E-state index in [0.29, 0.717) is 12.0 Å². The van der Waals surface area contributed by atoms with E-state index < -0.39 is 6.10 Å². The van der Waals surface area contributed by atoms with Crippen molar-refractivity contribution >= 4 is 0 Å². The van der Waals surface area contributed by atoms with Crippen LogP contribution in [0, 0.1) is 5.41 Å². The van der Waals surface area contributed by atoms with Crippen LogP contribution in [0.15, 0.2) is 0 Å². The van der Waals surface area contributed by atoms with Crippen LogP contribution in [0.5, 0.6) is 0 Å². The Morgan fingerprint density at radius 3 is 2.58 bits per heavy atom. The van der Waals surface area contributed by atoms with Gasteiger partial charge in [0.25, 0.3) is 0 Å². The lowest BCUT2D eigenvalue weighted by atomic mass is 9.93. The minimum atomic E-state index is -0.570. The van der Waals surface area contributed by atoms with E-state index in [4.69, 9.17) is 5.11 Å². The lowest BCUT2D eigenvalue weighted by Crippen LogP contribution is -2.33. The summed E-state index contributed by atoms with van der Waals surface area (Å²) in [5, 5.41) is 17.8. The fourth-order valence-electron chi connectivity index (χ4n) is 1.74. The van der Waals surface area contributed by atoms with Gasteiger partial charge in [-0.2, -0.15) is 0 Å². The zero-order valence-electron chi connectivity index (χ0n) is 7.95. The molecule has 12 heavy (non-hydrogen) atoms. The third-order valence-corrected chi connectivity index (χ3v) is 2.44. The molecule has 1 atom stereocenters. The third kappa shape index (κ3) is 2.73. The molecule has 0 saturated carbocycles. The maximum Gasteiger partial charge on any atom is 0.0897 e. The van der Waals surface area contributed by atoms with E-state index in [0.717, 1.165) is 13.1 Å². The normalized spacial score (nSPS) is 26.0. The molecule has 1 fully saturated rings. The number of hydrogen-bond acceptors (Lipinski definition) is 3. The van der Waals surface area contributed by atoms with Crippen molar-refractivity contribution in [1.82, 2.24) is 4.90 Å². The van der Waals surface area contributed by atoms with Gasteiger partial charge in [-0.15, -0.1) is 0 Å². The Hall–Kier alpha value is -0.120. The highest BCUT2D eigenvalue weighted by Gasteiger charge is 2.29. The number of hydrogen-bond donors (Lipinski definition) is 2. The molecule has 1 saturated heterocycles. The Bertz CT molecular complexity index is 147. The molecule has 0 radical (unpaired) electrons. The molecule has 0 aromatic heterocycles. The second-order valence-electron chi connectivity index (χ2n) is 4.49. The first kappa shape index (κ1) is 9.96. The summed E-state index contributed by atoms with van der Waals surface area (Å²) in [5.41, 5.74) is 0.384. The zero-order valence-corrected chi connectivity index (χ0v) is 7.95. The number of likely N-dealkylation sites (tertiary alicyclic amines) is 1. The molecule has 0 amide bonds. The van der Waals surface area contributed by atoms with E-state index in [1.807, 2.05) is 0 Å². The summed E-state index contributed by atoms with van der Waals surface area (Å²) in [6.07, 6.45) is 0.615. The van der Waals surface area contributed by atoms with E-state index in [1.54, 1.807) is 0 Å². The van der Waals surface area contributed by atoms with Crippen LogP contribution in [0.25, 0.3) is 0 Å². The van der Waals surface area contributed by atoms with Crippen LogP contribution >= 0.6 is 0 Å². The van der Waals surface area contributed by atoms with Gasteiger partial charge in [0.2, 0.25) is 0 Å². The molecule has 0 aromatic rings. The smallest absolute Gasteiger partial charge is 0.0897 e. The Balaban J connectivity index is 2.28.